The van der Waals surface area contributed by atoms with Crippen molar-refractivity contribution >= 4 is 0 Å². The second-order valence-electron chi connectivity index (χ2n) is 7.90. The summed E-state index contributed by atoms with van der Waals surface area (Å²) in [5.74, 6) is -3.79. The number of unbranched alkanes of at least 4 members (excludes halogenated alkanes) is 5. The normalized spacial score (nSPS) is 13.0. The summed E-state index contributed by atoms with van der Waals surface area (Å²) in [5, 5.41) is 0. The lowest BCUT2D eigenvalue weighted by Gasteiger charge is -2.39. The zero-order valence-corrected chi connectivity index (χ0v) is 19.8. The molecule has 0 aliphatic rings. The Morgan fingerprint density at radius 2 is 1.19 bits per heavy atom. The van der Waals surface area contributed by atoms with Gasteiger partial charge in [0.25, 0.3) is 5.97 Å². The summed E-state index contributed by atoms with van der Waals surface area (Å²) in [7, 11) is 0. The van der Waals surface area contributed by atoms with Crippen LogP contribution in [0.2, 0.25) is 0 Å². The molecule has 31 heavy (non-hydrogen) atoms. The van der Waals surface area contributed by atoms with Crippen molar-refractivity contribution in [1.82, 2.24) is 0 Å². The van der Waals surface area contributed by atoms with Crippen LogP contribution in [0.4, 0.5) is 13.2 Å². The second kappa shape index (κ2) is 15.7. The lowest BCUT2D eigenvalue weighted by atomic mass is 9.91. The molecule has 1 rings (SSSR count). The molecule has 6 heteroatoms. The van der Waals surface area contributed by atoms with E-state index >= 15 is 0 Å². The highest BCUT2D eigenvalue weighted by Crippen LogP contribution is 2.34. The molecule has 0 spiro atoms. The van der Waals surface area contributed by atoms with Gasteiger partial charge in [0.15, 0.2) is 0 Å². The van der Waals surface area contributed by atoms with E-state index in [4.69, 9.17) is 14.2 Å². The third kappa shape index (κ3) is 9.50. The van der Waals surface area contributed by atoms with Gasteiger partial charge in [-0.2, -0.15) is 0 Å². The topological polar surface area (TPSA) is 27.7 Å². The second-order valence-corrected chi connectivity index (χ2v) is 7.90. The van der Waals surface area contributed by atoms with E-state index in [1.165, 1.54) is 25.7 Å². The van der Waals surface area contributed by atoms with E-state index in [9.17, 15) is 13.2 Å². The Morgan fingerprint density at radius 3 is 1.71 bits per heavy atom. The molecular formula is C25H41F3O3. The predicted molar refractivity (Wildman–Crippen MR) is 118 cm³/mol. The van der Waals surface area contributed by atoms with Gasteiger partial charge >= 0.3 is 0 Å². The van der Waals surface area contributed by atoms with Gasteiger partial charge in [-0.1, -0.05) is 45.4 Å². The minimum atomic E-state index is -1.15. The molecule has 1 aromatic rings. The number of ether oxygens (including phenoxy) is 3. The first-order chi connectivity index (χ1) is 14.9. The van der Waals surface area contributed by atoms with Crippen molar-refractivity contribution in [3.8, 4) is 0 Å². The van der Waals surface area contributed by atoms with Crippen LogP contribution in [0.1, 0.15) is 91.0 Å². The van der Waals surface area contributed by atoms with Crippen molar-refractivity contribution < 1.29 is 27.4 Å². The summed E-state index contributed by atoms with van der Waals surface area (Å²) in [6.07, 6.45) is 9.21. The number of benzene rings is 1. The maximum absolute atomic E-state index is 14.0. The van der Waals surface area contributed by atoms with E-state index in [1.807, 2.05) is 20.8 Å². The van der Waals surface area contributed by atoms with Crippen LogP contribution in [-0.2, 0) is 20.6 Å². The van der Waals surface area contributed by atoms with E-state index in [0.717, 1.165) is 31.4 Å². The fourth-order valence-corrected chi connectivity index (χ4v) is 4.09. The van der Waals surface area contributed by atoms with Crippen LogP contribution < -0.4 is 0 Å². The average molecular weight is 447 g/mol. The Kier molecular flexibility index (Phi) is 14.1. The molecule has 0 aliphatic carbocycles. The zero-order valence-electron chi connectivity index (χ0n) is 19.8. The molecule has 0 heterocycles. The Balaban J connectivity index is 2.87. The van der Waals surface area contributed by atoms with Crippen LogP contribution in [0.3, 0.4) is 0 Å². The van der Waals surface area contributed by atoms with E-state index in [2.05, 4.69) is 6.92 Å². The molecule has 0 fully saturated rings. The van der Waals surface area contributed by atoms with E-state index in [0.29, 0.717) is 32.7 Å². The zero-order chi connectivity index (χ0) is 23.1. The van der Waals surface area contributed by atoms with Crippen molar-refractivity contribution in [3.63, 3.8) is 0 Å². The van der Waals surface area contributed by atoms with Gasteiger partial charge in [0.2, 0.25) is 0 Å². The number of rotatable bonds is 18. The summed E-state index contributed by atoms with van der Waals surface area (Å²) in [6.45, 7) is 9.22. The van der Waals surface area contributed by atoms with Crippen LogP contribution in [0.25, 0.3) is 0 Å². The first-order valence-corrected chi connectivity index (χ1v) is 12.0. The first kappa shape index (κ1) is 27.9. The van der Waals surface area contributed by atoms with Gasteiger partial charge in [-0.15, -0.1) is 0 Å². The predicted octanol–water partition coefficient (Wildman–Crippen LogP) is 7.56. The molecular weight excluding hydrogens is 405 g/mol. The molecule has 1 atom stereocenters. The summed E-state index contributed by atoms with van der Waals surface area (Å²) in [5.41, 5.74) is -0.0745. The molecule has 0 aromatic heterocycles. The third-order valence-corrected chi connectivity index (χ3v) is 5.53. The Morgan fingerprint density at radius 1 is 0.710 bits per heavy atom. The molecule has 180 valence electrons. The molecule has 0 saturated heterocycles. The van der Waals surface area contributed by atoms with Gasteiger partial charge in [0.1, 0.15) is 17.5 Å². The lowest BCUT2D eigenvalue weighted by Crippen LogP contribution is -2.46. The fourth-order valence-electron chi connectivity index (χ4n) is 4.09. The molecule has 0 saturated carbocycles. The summed E-state index contributed by atoms with van der Waals surface area (Å²) < 4.78 is 59.2. The van der Waals surface area contributed by atoms with E-state index < -0.39 is 23.4 Å². The molecule has 3 nitrogen and oxygen atoms in total. The van der Waals surface area contributed by atoms with Gasteiger partial charge in [-0.05, 0) is 46.5 Å². The Hall–Kier alpha value is -1.11. The number of hydrogen-bond donors (Lipinski definition) is 0. The Labute approximate surface area is 186 Å². The van der Waals surface area contributed by atoms with Gasteiger partial charge in [-0.3, -0.25) is 0 Å². The first-order valence-electron chi connectivity index (χ1n) is 12.0. The SMILES string of the molecule is CCCCCCCCC(CCCc1c(F)cc(F)cc1F)C(OCC)(OCC)OCC. The fraction of sp³-hybridized carbons (Fsp3) is 0.760. The van der Waals surface area contributed by atoms with Crippen LogP contribution in [0.15, 0.2) is 12.1 Å². The smallest absolute Gasteiger partial charge is 0.285 e. The highest BCUT2D eigenvalue weighted by Gasteiger charge is 2.41. The quantitative estimate of drug-likeness (QED) is 0.172. The maximum atomic E-state index is 14.0. The number of halogens is 3. The minimum Gasteiger partial charge on any atom is -0.328 e. The molecule has 0 N–H and O–H groups in total. The van der Waals surface area contributed by atoms with Crippen molar-refractivity contribution in [3.05, 3.63) is 35.1 Å². The third-order valence-electron chi connectivity index (χ3n) is 5.53. The van der Waals surface area contributed by atoms with Crippen molar-refractivity contribution in [2.24, 2.45) is 5.92 Å². The minimum absolute atomic E-state index is 0.0647. The van der Waals surface area contributed by atoms with Crippen LogP contribution in [-0.4, -0.2) is 25.8 Å². The molecule has 0 radical (unpaired) electrons. The van der Waals surface area contributed by atoms with Crippen LogP contribution in [0.5, 0.6) is 0 Å². The lowest BCUT2D eigenvalue weighted by molar-refractivity contribution is -0.403. The highest BCUT2D eigenvalue weighted by atomic mass is 19.1. The van der Waals surface area contributed by atoms with Gasteiger partial charge in [-0.25, -0.2) is 13.2 Å². The maximum Gasteiger partial charge on any atom is 0.285 e. The van der Waals surface area contributed by atoms with E-state index in [-0.39, 0.29) is 17.9 Å². The van der Waals surface area contributed by atoms with Crippen molar-refractivity contribution in [1.29, 1.82) is 0 Å². The Bertz CT molecular complexity index is 570. The molecule has 0 amide bonds. The number of hydrogen-bond acceptors (Lipinski definition) is 3. The summed E-state index contributed by atoms with van der Waals surface area (Å²) in [4.78, 5) is 0. The average Bonchev–Trinajstić information content (AvgIpc) is 2.71. The molecule has 0 aliphatic heterocycles. The molecule has 1 aromatic carbocycles. The van der Waals surface area contributed by atoms with Crippen LogP contribution in [0, 0.1) is 23.4 Å². The summed E-state index contributed by atoms with van der Waals surface area (Å²) >= 11 is 0. The van der Waals surface area contributed by atoms with Crippen molar-refractivity contribution in [2.45, 2.75) is 97.9 Å². The summed E-state index contributed by atoms with van der Waals surface area (Å²) in [6, 6.07) is 1.47. The highest BCUT2D eigenvalue weighted by molar-refractivity contribution is 5.20. The van der Waals surface area contributed by atoms with Gasteiger partial charge in [0.05, 0.1) is 0 Å². The standard InChI is InChI=1S/C25H41F3O3/c1-5-9-10-11-12-13-15-20(25(29-6-2,30-7-3)31-8-4)16-14-17-22-23(27)18-21(26)19-24(22)28/h18-20H,5-17H2,1-4H3. The van der Waals surface area contributed by atoms with Crippen molar-refractivity contribution in [2.75, 3.05) is 19.8 Å². The molecule has 0 bridgehead atoms. The van der Waals surface area contributed by atoms with Gasteiger partial charge < -0.3 is 14.2 Å². The van der Waals surface area contributed by atoms with E-state index in [1.54, 1.807) is 0 Å². The van der Waals surface area contributed by atoms with Crippen LogP contribution >= 0.6 is 0 Å². The van der Waals surface area contributed by atoms with Gasteiger partial charge in [0, 0.05) is 43.4 Å². The molecule has 1 unspecified atom stereocenters. The largest absolute Gasteiger partial charge is 0.328 e. The monoisotopic (exact) mass is 446 g/mol.